The molecular formula is C27H42ClF3N2O4S. The van der Waals surface area contributed by atoms with E-state index in [1.807, 2.05) is 0 Å². The fourth-order valence-corrected chi connectivity index (χ4v) is 9.15. The van der Waals surface area contributed by atoms with Crippen LogP contribution in [0.5, 0.6) is 0 Å². The Morgan fingerprint density at radius 2 is 1.39 bits per heavy atom. The van der Waals surface area contributed by atoms with Crippen molar-refractivity contribution >= 4 is 33.3 Å². The van der Waals surface area contributed by atoms with Crippen LogP contribution in [0.25, 0.3) is 0 Å². The third kappa shape index (κ3) is 8.48. The van der Waals surface area contributed by atoms with E-state index >= 15 is 0 Å². The monoisotopic (exact) mass is 582 g/mol. The fourth-order valence-electron chi connectivity index (χ4n) is 6.64. The fraction of sp³-hybridized carbons (Fsp3) is 0.926. The van der Waals surface area contributed by atoms with E-state index < -0.39 is 39.8 Å². The average Bonchev–Trinajstić information content (AvgIpc) is 3.66. The van der Waals surface area contributed by atoms with Gasteiger partial charge in [-0.3, -0.25) is 9.59 Å². The van der Waals surface area contributed by atoms with Gasteiger partial charge in [-0.15, -0.1) is 11.6 Å². The van der Waals surface area contributed by atoms with Crippen LogP contribution in [0.3, 0.4) is 0 Å². The predicted octanol–water partition coefficient (Wildman–Crippen LogP) is 5.28. The van der Waals surface area contributed by atoms with Gasteiger partial charge in [0.1, 0.15) is 6.04 Å². The summed E-state index contributed by atoms with van der Waals surface area (Å²) in [7, 11) is -3.03. The van der Waals surface area contributed by atoms with Gasteiger partial charge in [0.05, 0.1) is 11.0 Å². The minimum absolute atomic E-state index is 0.0609. The molecule has 218 valence electrons. The van der Waals surface area contributed by atoms with Gasteiger partial charge in [-0.25, -0.2) is 8.42 Å². The van der Waals surface area contributed by atoms with Crippen molar-refractivity contribution in [2.24, 2.45) is 23.7 Å². The van der Waals surface area contributed by atoms with E-state index in [1.54, 1.807) is 0 Å². The number of carbonyl (C=O) groups is 2. The zero-order valence-electron chi connectivity index (χ0n) is 22.0. The Hall–Kier alpha value is -1.03. The molecule has 0 spiro atoms. The van der Waals surface area contributed by atoms with Gasteiger partial charge in [-0.1, -0.05) is 0 Å². The molecule has 11 heteroatoms. The zero-order valence-corrected chi connectivity index (χ0v) is 23.6. The van der Waals surface area contributed by atoms with Gasteiger partial charge in [0.25, 0.3) is 0 Å². The first-order valence-corrected chi connectivity index (χ1v) is 16.6. The maximum atomic E-state index is 13.7. The van der Waals surface area contributed by atoms with E-state index in [9.17, 15) is 31.2 Å². The number of sulfone groups is 1. The van der Waals surface area contributed by atoms with Crippen LogP contribution in [-0.4, -0.2) is 54.9 Å². The topological polar surface area (TPSA) is 92.3 Å². The molecule has 0 aromatic carbocycles. The van der Waals surface area contributed by atoms with Gasteiger partial charge in [-0.05, 0) is 108 Å². The Morgan fingerprint density at radius 3 is 1.95 bits per heavy atom. The molecule has 4 saturated carbocycles. The van der Waals surface area contributed by atoms with E-state index in [4.69, 9.17) is 11.6 Å². The van der Waals surface area contributed by atoms with Crippen molar-refractivity contribution in [1.82, 2.24) is 10.6 Å². The number of halogens is 4. The van der Waals surface area contributed by atoms with Crippen molar-refractivity contribution in [3.05, 3.63) is 0 Å². The van der Waals surface area contributed by atoms with Crippen LogP contribution in [0.1, 0.15) is 96.3 Å². The molecule has 0 saturated heterocycles. The molecule has 4 fully saturated rings. The van der Waals surface area contributed by atoms with Crippen LogP contribution in [0.15, 0.2) is 0 Å². The summed E-state index contributed by atoms with van der Waals surface area (Å²) in [5.74, 6) is -0.879. The molecule has 0 aliphatic heterocycles. The third-order valence-electron chi connectivity index (χ3n) is 9.23. The first-order chi connectivity index (χ1) is 17.9. The molecule has 0 unspecified atom stereocenters. The molecule has 4 rings (SSSR count). The van der Waals surface area contributed by atoms with Gasteiger partial charge in [0.2, 0.25) is 11.8 Å². The molecule has 2 amide bonds. The van der Waals surface area contributed by atoms with Gasteiger partial charge >= 0.3 is 6.18 Å². The Labute approximate surface area is 229 Å². The molecule has 4 aliphatic carbocycles. The number of hydrogen-bond acceptors (Lipinski definition) is 4. The van der Waals surface area contributed by atoms with Gasteiger partial charge in [0.15, 0.2) is 9.84 Å². The summed E-state index contributed by atoms with van der Waals surface area (Å²) >= 11 is 6.05. The molecule has 0 aromatic heterocycles. The maximum absolute atomic E-state index is 13.7. The van der Waals surface area contributed by atoms with Crippen LogP contribution >= 0.6 is 11.6 Å². The van der Waals surface area contributed by atoms with Crippen LogP contribution in [0.2, 0.25) is 0 Å². The van der Waals surface area contributed by atoms with Crippen LogP contribution in [0, 0.1) is 23.7 Å². The van der Waals surface area contributed by atoms with E-state index in [0.29, 0.717) is 82.3 Å². The van der Waals surface area contributed by atoms with Crippen molar-refractivity contribution in [2.75, 3.05) is 5.75 Å². The molecule has 1 atom stereocenters. The second kappa shape index (κ2) is 12.6. The molecule has 2 N–H and O–H groups in total. The molecule has 0 radical (unpaired) electrons. The Kier molecular flexibility index (Phi) is 9.97. The van der Waals surface area contributed by atoms with Crippen LogP contribution in [-0.2, 0) is 19.4 Å². The van der Waals surface area contributed by atoms with Crippen molar-refractivity contribution in [2.45, 2.75) is 125 Å². The lowest BCUT2D eigenvalue weighted by Gasteiger charge is -2.35. The maximum Gasteiger partial charge on any atom is 0.408 e. The lowest BCUT2D eigenvalue weighted by molar-refractivity contribution is -0.175. The average molecular weight is 583 g/mol. The number of hydrogen-bond donors (Lipinski definition) is 2. The summed E-state index contributed by atoms with van der Waals surface area (Å²) in [5, 5.41) is 4.99. The summed E-state index contributed by atoms with van der Waals surface area (Å²) in [4.78, 5) is 25.4. The SMILES string of the molecule is O=C(CC1CCC(S(=O)(=O)CC2CC2)CC1)NC1CCC(C(=O)N[C@H](C2CCC(Cl)CC2)C(F)(F)F)CC1. The highest BCUT2D eigenvalue weighted by molar-refractivity contribution is 7.92. The number of carbonyl (C=O) groups excluding carboxylic acids is 2. The summed E-state index contributed by atoms with van der Waals surface area (Å²) < 4.78 is 66.3. The quantitative estimate of drug-likeness (QED) is 0.362. The first kappa shape index (κ1) is 29.9. The first-order valence-electron chi connectivity index (χ1n) is 14.4. The highest BCUT2D eigenvalue weighted by atomic mass is 35.5. The minimum atomic E-state index is -4.49. The Balaban J connectivity index is 1.16. The van der Waals surface area contributed by atoms with Gasteiger partial charge in [0, 0.05) is 23.8 Å². The van der Waals surface area contributed by atoms with Crippen molar-refractivity contribution in [3.8, 4) is 0 Å². The summed E-state index contributed by atoms with van der Waals surface area (Å²) in [6, 6.07) is -1.92. The summed E-state index contributed by atoms with van der Waals surface area (Å²) in [6.45, 7) is 0. The number of rotatable bonds is 9. The molecule has 4 aliphatic rings. The third-order valence-corrected chi connectivity index (χ3v) is 12.1. The molecule has 6 nitrogen and oxygen atoms in total. The Bertz CT molecular complexity index is 919. The highest BCUT2D eigenvalue weighted by Gasteiger charge is 2.47. The summed E-state index contributed by atoms with van der Waals surface area (Å²) in [6.07, 6.45) is 4.41. The molecular weight excluding hydrogens is 541 g/mol. The summed E-state index contributed by atoms with van der Waals surface area (Å²) in [5.41, 5.74) is 0. The van der Waals surface area contributed by atoms with Crippen molar-refractivity contribution in [3.63, 3.8) is 0 Å². The van der Waals surface area contributed by atoms with Crippen molar-refractivity contribution < 1.29 is 31.2 Å². The predicted molar refractivity (Wildman–Crippen MR) is 140 cm³/mol. The molecule has 0 aromatic rings. The normalized spacial score (nSPS) is 33.8. The lowest BCUT2D eigenvalue weighted by Crippen LogP contribution is -2.53. The number of amides is 2. The second-order valence-corrected chi connectivity index (χ2v) is 15.2. The van der Waals surface area contributed by atoms with Crippen LogP contribution in [0.4, 0.5) is 13.2 Å². The zero-order chi connectivity index (χ0) is 27.5. The minimum Gasteiger partial charge on any atom is -0.353 e. The lowest BCUT2D eigenvalue weighted by atomic mass is 9.82. The second-order valence-electron chi connectivity index (χ2n) is 12.3. The highest BCUT2D eigenvalue weighted by Crippen LogP contribution is 2.38. The number of alkyl halides is 4. The molecule has 38 heavy (non-hydrogen) atoms. The Morgan fingerprint density at radius 1 is 0.816 bits per heavy atom. The van der Waals surface area contributed by atoms with Crippen LogP contribution < -0.4 is 10.6 Å². The standard InChI is InChI=1S/C27H42ClF3N2O4S/c28-21-9-5-19(6-10-21)25(27(29,30)31)33-26(35)20-7-11-22(12-8-20)32-24(34)15-17-3-13-23(14-4-17)38(36,37)16-18-1-2-18/h17-23,25H,1-16H2,(H,32,34)(H,33,35)/t17?,19?,20?,21?,22?,23?,25-/m1/s1. The number of nitrogens with one attached hydrogen (secondary N) is 2. The smallest absolute Gasteiger partial charge is 0.353 e. The molecule has 0 heterocycles. The van der Waals surface area contributed by atoms with E-state index in [0.717, 1.165) is 25.7 Å². The van der Waals surface area contributed by atoms with E-state index in [2.05, 4.69) is 10.6 Å². The molecule has 0 bridgehead atoms. The van der Waals surface area contributed by atoms with Crippen molar-refractivity contribution in [1.29, 1.82) is 0 Å². The van der Waals surface area contributed by atoms with E-state index in [1.165, 1.54) is 0 Å². The van der Waals surface area contributed by atoms with E-state index in [-0.39, 0.29) is 28.5 Å². The largest absolute Gasteiger partial charge is 0.408 e. The van der Waals surface area contributed by atoms with Gasteiger partial charge < -0.3 is 10.6 Å². The van der Waals surface area contributed by atoms with Gasteiger partial charge in [-0.2, -0.15) is 13.2 Å².